The van der Waals surface area contributed by atoms with Gasteiger partial charge < -0.3 is 4.74 Å². The van der Waals surface area contributed by atoms with E-state index < -0.39 is 4.92 Å². The topological polar surface area (TPSA) is 69.4 Å². The molecule has 0 aromatic heterocycles. The molecule has 0 saturated heterocycles. The predicted octanol–water partition coefficient (Wildman–Crippen LogP) is 1.93. The number of rotatable bonds is 4. The largest absolute Gasteiger partial charge is 0.485 e. The van der Waals surface area contributed by atoms with E-state index in [1.54, 1.807) is 0 Å². The summed E-state index contributed by atoms with van der Waals surface area (Å²) in [6, 6.07) is 4.10. The van der Waals surface area contributed by atoms with E-state index in [2.05, 4.69) is 15.9 Å². The molecule has 14 heavy (non-hydrogen) atoms. The van der Waals surface area contributed by atoms with Gasteiger partial charge in [0, 0.05) is 6.07 Å². The minimum atomic E-state index is -0.528. The molecule has 0 spiro atoms. The third-order valence-corrected chi connectivity index (χ3v) is 2.09. The Balaban J connectivity index is 2.95. The zero-order chi connectivity index (χ0) is 10.6. The van der Waals surface area contributed by atoms with Crippen LogP contribution in [0.15, 0.2) is 22.7 Å². The highest BCUT2D eigenvalue weighted by molar-refractivity contribution is 9.10. The van der Waals surface area contributed by atoms with E-state index in [4.69, 9.17) is 4.74 Å². The molecule has 0 radical (unpaired) electrons. The first-order chi connectivity index (χ1) is 6.65. The lowest BCUT2D eigenvalue weighted by Crippen LogP contribution is -1.99. The third kappa shape index (κ3) is 2.53. The molecule has 1 aromatic carbocycles. The van der Waals surface area contributed by atoms with E-state index in [0.717, 1.165) is 0 Å². The molecule has 0 heterocycles. The number of halogens is 1. The van der Waals surface area contributed by atoms with E-state index in [-0.39, 0.29) is 18.0 Å². The van der Waals surface area contributed by atoms with Crippen LogP contribution >= 0.6 is 15.9 Å². The lowest BCUT2D eigenvalue weighted by molar-refractivity contribution is -0.384. The number of benzene rings is 1. The molecule has 0 N–H and O–H groups in total. The fraction of sp³-hybridized carbons (Fsp3) is 0.125. The summed E-state index contributed by atoms with van der Waals surface area (Å²) in [5, 5.41) is 10.4. The highest BCUT2D eigenvalue weighted by atomic mass is 79.9. The summed E-state index contributed by atoms with van der Waals surface area (Å²) in [6.45, 7) is -0.125. The molecule has 0 fully saturated rings. The van der Waals surface area contributed by atoms with Crippen molar-refractivity contribution in [3.63, 3.8) is 0 Å². The van der Waals surface area contributed by atoms with Crippen molar-refractivity contribution in [2.75, 3.05) is 6.61 Å². The number of aldehydes is 1. The van der Waals surface area contributed by atoms with Gasteiger partial charge >= 0.3 is 0 Å². The smallest absolute Gasteiger partial charge is 0.273 e. The highest BCUT2D eigenvalue weighted by Crippen LogP contribution is 2.28. The van der Waals surface area contributed by atoms with E-state index in [0.29, 0.717) is 10.8 Å². The van der Waals surface area contributed by atoms with Crippen LogP contribution in [0.2, 0.25) is 0 Å². The average Bonchev–Trinajstić information content (AvgIpc) is 2.16. The molecule has 1 rings (SSSR count). The minimum absolute atomic E-state index is 0.0749. The Hall–Kier alpha value is -1.43. The third-order valence-electron chi connectivity index (χ3n) is 1.43. The quantitative estimate of drug-likeness (QED) is 0.471. The number of carbonyl (C=O) groups excluding carboxylic acids is 1. The number of nitro groups is 1. The first-order valence-corrected chi connectivity index (χ1v) is 4.45. The van der Waals surface area contributed by atoms with Gasteiger partial charge in [-0.15, -0.1) is 0 Å². The summed E-state index contributed by atoms with van der Waals surface area (Å²) >= 11 is 3.15. The van der Waals surface area contributed by atoms with Crippen LogP contribution in [-0.4, -0.2) is 17.8 Å². The molecule has 6 heteroatoms. The number of hydrogen-bond donors (Lipinski definition) is 0. The fourth-order valence-corrected chi connectivity index (χ4v) is 1.20. The van der Waals surface area contributed by atoms with Crippen molar-refractivity contribution in [2.24, 2.45) is 0 Å². The molecule has 0 amide bonds. The van der Waals surface area contributed by atoms with Gasteiger partial charge in [0.15, 0.2) is 6.29 Å². The molecule has 0 aliphatic heterocycles. The van der Waals surface area contributed by atoms with Gasteiger partial charge in [-0.25, -0.2) is 0 Å². The second-order valence-corrected chi connectivity index (χ2v) is 3.20. The van der Waals surface area contributed by atoms with Gasteiger partial charge in [0.2, 0.25) is 0 Å². The van der Waals surface area contributed by atoms with Gasteiger partial charge in [-0.05, 0) is 22.0 Å². The molecule has 0 atom stereocenters. The summed E-state index contributed by atoms with van der Waals surface area (Å²) in [5.41, 5.74) is -0.0749. The summed E-state index contributed by atoms with van der Waals surface area (Å²) in [6.07, 6.45) is 0.575. The number of non-ortho nitro benzene ring substituents is 1. The maximum atomic E-state index is 10.4. The van der Waals surface area contributed by atoms with E-state index >= 15 is 0 Å². The Morgan fingerprint density at radius 3 is 2.86 bits per heavy atom. The molecule has 0 aliphatic rings. The lowest BCUT2D eigenvalue weighted by atomic mass is 10.3. The maximum Gasteiger partial charge on any atom is 0.273 e. The second kappa shape index (κ2) is 4.71. The normalized spacial score (nSPS) is 9.50. The zero-order valence-electron chi connectivity index (χ0n) is 6.97. The van der Waals surface area contributed by atoms with Crippen LogP contribution in [0.3, 0.4) is 0 Å². The second-order valence-electron chi connectivity index (χ2n) is 2.35. The molecule has 0 saturated carbocycles. The molecule has 5 nitrogen and oxygen atoms in total. The van der Waals surface area contributed by atoms with E-state index in [9.17, 15) is 14.9 Å². The minimum Gasteiger partial charge on any atom is -0.485 e. The van der Waals surface area contributed by atoms with Crippen LogP contribution in [0.4, 0.5) is 5.69 Å². The van der Waals surface area contributed by atoms with Crippen molar-refractivity contribution >= 4 is 27.9 Å². The standard InChI is InChI=1S/C8H6BrNO4/c9-7-2-1-6(10(12)13)5-8(7)14-4-3-11/h1-3,5H,4H2. The van der Waals surface area contributed by atoms with Gasteiger partial charge in [-0.3, -0.25) is 14.9 Å². The summed E-state index contributed by atoms with van der Waals surface area (Å²) in [7, 11) is 0. The molecular formula is C8H6BrNO4. The highest BCUT2D eigenvalue weighted by Gasteiger charge is 2.09. The Morgan fingerprint density at radius 2 is 2.29 bits per heavy atom. The number of hydrogen-bond acceptors (Lipinski definition) is 4. The first kappa shape index (κ1) is 10.6. The number of carbonyl (C=O) groups is 1. The van der Waals surface area contributed by atoms with E-state index in [1.165, 1.54) is 18.2 Å². The number of nitro benzene ring substituents is 1. The Kier molecular flexibility index (Phi) is 3.58. The van der Waals surface area contributed by atoms with Gasteiger partial charge in [-0.1, -0.05) is 0 Å². The number of ether oxygens (including phenoxy) is 1. The monoisotopic (exact) mass is 259 g/mol. The Bertz CT molecular complexity index is 366. The Morgan fingerprint density at radius 1 is 1.57 bits per heavy atom. The van der Waals surface area contributed by atoms with Crippen molar-refractivity contribution in [2.45, 2.75) is 0 Å². The van der Waals surface area contributed by atoms with Gasteiger partial charge in [0.25, 0.3) is 5.69 Å². The average molecular weight is 260 g/mol. The fourth-order valence-electron chi connectivity index (χ4n) is 0.840. The van der Waals surface area contributed by atoms with Crippen LogP contribution in [0.25, 0.3) is 0 Å². The number of nitrogens with zero attached hydrogens (tertiary/aromatic N) is 1. The van der Waals surface area contributed by atoms with Crippen LogP contribution in [-0.2, 0) is 4.79 Å². The van der Waals surface area contributed by atoms with Crippen molar-refractivity contribution < 1.29 is 14.5 Å². The van der Waals surface area contributed by atoms with Gasteiger partial charge in [0.05, 0.1) is 15.5 Å². The summed E-state index contributed by atoms with van der Waals surface area (Å²) < 4.78 is 5.53. The van der Waals surface area contributed by atoms with Gasteiger partial charge in [0.1, 0.15) is 12.4 Å². The Labute approximate surface area is 88.0 Å². The summed E-state index contributed by atoms with van der Waals surface area (Å²) in [4.78, 5) is 19.9. The van der Waals surface area contributed by atoms with Crippen LogP contribution in [0.5, 0.6) is 5.75 Å². The molecule has 0 bridgehead atoms. The van der Waals surface area contributed by atoms with Crippen LogP contribution < -0.4 is 4.74 Å². The maximum absolute atomic E-state index is 10.4. The summed E-state index contributed by atoms with van der Waals surface area (Å²) in [5.74, 6) is 0.284. The zero-order valence-corrected chi connectivity index (χ0v) is 8.56. The lowest BCUT2D eigenvalue weighted by Gasteiger charge is -2.03. The molecular weight excluding hydrogens is 254 g/mol. The molecule has 74 valence electrons. The van der Waals surface area contributed by atoms with Crippen molar-refractivity contribution in [3.8, 4) is 5.75 Å². The van der Waals surface area contributed by atoms with Crippen molar-refractivity contribution in [3.05, 3.63) is 32.8 Å². The van der Waals surface area contributed by atoms with E-state index in [1.807, 2.05) is 0 Å². The van der Waals surface area contributed by atoms with Crippen molar-refractivity contribution in [1.29, 1.82) is 0 Å². The SMILES string of the molecule is O=CCOc1cc([N+](=O)[O-])ccc1Br. The predicted molar refractivity (Wildman–Crippen MR) is 52.4 cm³/mol. The van der Waals surface area contributed by atoms with Gasteiger partial charge in [-0.2, -0.15) is 0 Å². The molecule has 1 aromatic rings. The van der Waals surface area contributed by atoms with Crippen LogP contribution in [0, 0.1) is 10.1 Å². The van der Waals surface area contributed by atoms with Crippen molar-refractivity contribution in [1.82, 2.24) is 0 Å². The molecule has 0 aliphatic carbocycles. The van der Waals surface area contributed by atoms with Crippen LogP contribution in [0.1, 0.15) is 0 Å². The molecule has 0 unspecified atom stereocenters. The first-order valence-electron chi connectivity index (χ1n) is 3.65.